The Morgan fingerprint density at radius 1 is 1.23 bits per heavy atom. The standard InChI is InChI=1S/C19H18Cl2N2O3/c1-13(24)23-18(26-19(22-23)14-6-3-2-4-7-14)8-5-11-25-17-10-9-15(20)12-16(17)21/h2-4,6-7,9-10,12,18H,5,8,11H2,1H3. The van der Waals surface area contributed by atoms with Gasteiger partial charge in [0.1, 0.15) is 5.75 Å². The quantitative estimate of drug-likeness (QED) is 0.668. The Labute approximate surface area is 162 Å². The molecule has 136 valence electrons. The Morgan fingerprint density at radius 3 is 2.69 bits per heavy atom. The van der Waals surface area contributed by atoms with Crippen molar-refractivity contribution in [2.45, 2.75) is 26.0 Å². The van der Waals surface area contributed by atoms with E-state index in [0.717, 1.165) is 5.56 Å². The molecular weight excluding hydrogens is 375 g/mol. The number of carbonyl (C=O) groups excluding carboxylic acids is 1. The average Bonchev–Trinajstić information content (AvgIpc) is 3.05. The van der Waals surface area contributed by atoms with Gasteiger partial charge in [0.2, 0.25) is 11.8 Å². The molecule has 0 fully saturated rings. The van der Waals surface area contributed by atoms with E-state index < -0.39 is 6.23 Å². The Bertz CT molecular complexity index is 812. The highest BCUT2D eigenvalue weighted by molar-refractivity contribution is 6.35. The zero-order valence-electron chi connectivity index (χ0n) is 14.2. The Hall–Kier alpha value is -2.24. The number of rotatable bonds is 6. The fourth-order valence-corrected chi connectivity index (χ4v) is 3.02. The van der Waals surface area contributed by atoms with Gasteiger partial charge >= 0.3 is 0 Å². The van der Waals surface area contributed by atoms with Crippen molar-refractivity contribution in [3.05, 3.63) is 64.1 Å². The van der Waals surface area contributed by atoms with Crippen molar-refractivity contribution in [3.8, 4) is 5.75 Å². The number of hydrogen-bond acceptors (Lipinski definition) is 4. The number of hydrazone groups is 1. The van der Waals surface area contributed by atoms with Crippen LogP contribution in [0.4, 0.5) is 0 Å². The van der Waals surface area contributed by atoms with E-state index in [2.05, 4.69) is 5.10 Å². The van der Waals surface area contributed by atoms with Crippen molar-refractivity contribution in [3.63, 3.8) is 0 Å². The minimum Gasteiger partial charge on any atom is -0.492 e. The minimum atomic E-state index is -0.438. The van der Waals surface area contributed by atoms with Gasteiger partial charge in [-0.2, -0.15) is 5.01 Å². The summed E-state index contributed by atoms with van der Waals surface area (Å²) < 4.78 is 11.5. The number of carbonyl (C=O) groups is 1. The summed E-state index contributed by atoms with van der Waals surface area (Å²) in [7, 11) is 0. The predicted molar refractivity (Wildman–Crippen MR) is 102 cm³/mol. The molecule has 0 bridgehead atoms. The first-order chi connectivity index (χ1) is 12.5. The van der Waals surface area contributed by atoms with Crippen LogP contribution < -0.4 is 4.74 Å². The van der Waals surface area contributed by atoms with Gasteiger partial charge in [0, 0.05) is 23.9 Å². The van der Waals surface area contributed by atoms with Gasteiger partial charge in [-0.15, -0.1) is 5.10 Å². The van der Waals surface area contributed by atoms with Crippen molar-refractivity contribution in [2.24, 2.45) is 5.10 Å². The van der Waals surface area contributed by atoms with E-state index in [1.165, 1.54) is 11.9 Å². The first-order valence-electron chi connectivity index (χ1n) is 8.23. The molecule has 26 heavy (non-hydrogen) atoms. The normalized spacial score (nSPS) is 16.2. The summed E-state index contributed by atoms with van der Waals surface area (Å²) in [6.45, 7) is 1.91. The van der Waals surface area contributed by atoms with Gasteiger partial charge in [-0.1, -0.05) is 41.4 Å². The molecule has 1 aliphatic rings. The zero-order valence-corrected chi connectivity index (χ0v) is 15.7. The van der Waals surface area contributed by atoms with E-state index in [-0.39, 0.29) is 5.91 Å². The van der Waals surface area contributed by atoms with Crippen LogP contribution in [0.3, 0.4) is 0 Å². The Balaban J connectivity index is 1.55. The molecule has 0 aliphatic carbocycles. The maximum atomic E-state index is 11.8. The highest BCUT2D eigenvalue weighted by Gasteiger charge is 2.31. The van der Waals surface area contributed by atoms with Crippen LogP contribution in [0.1, 0.15) is 25.3 Å². The van der Waals surface area contributed by atoms with E-state index in [1.807, 2.05) is 30.3 Å². The first-order valence-corrected chi connectivity index (χ1v) is 8.98. The smallest absolute Gasteiger partial charge is 0.242 e. The Morgan fingerprint density at radius 2 is 2.00 bits per heavy atom. The van der Waals surface area contributed by atoms with Crippen LogP contribution in [-0.4, -0.2) is 29.6 Å². The molecule has 3 rings (SSSR count). The summed E-state index contributed by atoms with van der Waals surface area (Å²) in [6, 6.07) is 14.6. The molecular formula is C19H18Cl2N2O3. The lowest BCUT2D eigenvalue weighted by Crippen LogP contribution is -2.32. The fourth-order valence-electron chi connectivity index (χ4n) is 2.56. The topological polar surface area (TPSA) is 51.1 Å². The monoisotopic (exact) mass is 392 g/mol. The van der Waals surface area contributed by atoms with Crippen LogP contribution >= 0.6 is 23.2 Å². The van der Waals surface area contributed by atoms with Crippen molar-refractivity contribution >= 4 is 35.0 Å². The number of halogens is 2. The Kier molecular flexibility index (Phi) is 6.01. The van der Waals surface area contributed by atoms with E-state index in [0.29, 0.717) is 41.1 Å². The molecule has 2 aromatic carbocycles. The lowest BCUT2D eigenvalue weighted by Gasteiger charge is -2.19. The molecule has 5 nitrogen and oxygen atoms in total. The van der Waals surface area contributed by atoms with Gasteiger partial charge in [-0.25, -0.2) is 0 Å². The molecule has 2 aromatic rings. The lowest BCUT2D eigenvalue weighted by atomic mass is 10.2. The van der Waals surface area contributed by atoms with Crippen LogP contribution in [0.5, 0.6) is 5.75 Å². The molecule has 0 saturated heterocycles. The summed E-state index contributed by atoms with van der Waals surface area (Å²) in [5, 5.41) is 6.70. The molecule has 7 heteroatoms. The molecule has 1 atom stereocenters. The second-order valence-corrected chi connectivity index (χ2v) is 6.62. The third-order valence-corrected chi connectivity index (χ3v) is 4.34. The molecule has 0 saturated carbocycles. The number of amides is 1. The van der Waals surface area contributed by atoms with Gasteiger partial charge in [-0.05, 0) is 36.8 Å². The first kappa shape index (κ1) is 18.5. The van der Waals surface area contributed by atoms with E-state index in [4.69, 9.17) is 32.7 Å². The van der Waals surface area contributed by atoms with Gasteiger partial charge in [0.15, 0.2) is 6.23 Å². The maximum Gasteiger partial charge on any atom is 0.242 e. The van der Waals surface area contributed by atoms with Crippen molar-refractivity contribution in [1.29, 1.82) is 0 Å². The van der Waals surface area contributed by atoms with Crippen LogP contribution in [-0.2, 0) is 9.53 Å². The number of hydrogen-bond donors (Lipinski definition) is 0. The average molecular weight is 393 g/mol. The number of ether oxygens (including phenoxy) is 2. The SMILES string of the molecule is CC(=O)N1N=C(c2ccccc2)OC1CCCOc1ccc(Cl)cc1Cl. The van der Waals surface area contributed by atoms with Gasteiger partial charge in [0.05, 0.1) is 11.6 Å². The van der Waals surface area contributed by atoms with Crippen molar-refractivity contribution in [2.75, 3.05) is 6.61 Å². The van der Waals surface area contributed by atoms with Crippen molar-refractivity contribution in [1.82, 2.24) is 5.01 Å². The van der Waals surface area contributed by atoms with Crippen LogP contribution in [0.15, 0.2) is 53.6 Å². The minimum absolute atomic E-state index is 0.164. The predicted octanol–water partition coefficient (Wildman–Crippen LogP) is 4.72. The second kappa shape index (κ2) is 8.43. The summed E-state index contributed by atoms with van der Waals surface area (Å²) >= 11 is 11.9. The van der Waals surface area contributed by atoms with Crippen LogP contribution in [0.25, 0.3) is 0 Å². The zero-order chi connectivity index (χ0) is 18.5. The fraction of sp³-hybridized carbons (Fsp3) is 0.263. The highest BCUT2D eigenvalue weighted by atomic mass is 35.5. The van der Waals surface area contributed by atoms with E-state index in [9.17, 15) is 4.79 Å². The molecule has 0 spiro atoms. The largest absolute Gasteiger partial charge is 0.492 e. The van der Waals surface area contributed by atoms with E-state index >= 15 is 0 Å². The third kappa shape index (κ3) is 4.48. The molecule has 1 aliphatic heterocycles. The number of benzene rings is 2. The molecule has 1 amide bonds. The summed E-state index contributed by atoms with van der Waals surface area (Å²) in [4.78, 5) is 11.8. The summed E-state index contributed by atoms with van der Waals surface area (Å²) in [5.41, 5.74) is 0.838. The van der Waals surface area contributed by atoms with Gasteiger partial charge < -0.3 is 9.47 Å². The van der Waals surface area contributed by atoms with Gasteiger partial charge in [0.25, 0.3) is 0 Å². The van der Waals surface area contributed by atoms with E-state index in [1.54, 1.807) is 18.2 Å². The maximum absolute atomic E-state index is 11.8. The summed E-state index contributed by atoms with van der Waals surface area (Å²) in [5.74, 6) is 0.864. The third-order valence-electron chi connectivity index (χ3n) is 3.81. The molecule has 0 radical (unpaired) electrons. The lowest BCUT2D eigenvalue weighted by molar-refractivity contribution is -0.135. The summed E-state index contributed by atoms with van der Waals surface area (Å²) in [6.07, 6.45) is 0.822. The van der Waals surface area contributed by atoms with Gasteiger partial charge in [-0.3, -0.25) is 4.79 Å². The van der Waals surface area contributed by atoms with Crippen LogP contribution in [0, 0.1) is 0 Å². The molecule has 1 heterocycles. The number of nitrogens with zero attached hydrogens (tertiary/aromatic N) is 2. The molecule has 1 unspecified atom stereocenters. The second-order valence-electron chi connectivity index (χ2n) is 5.77. The molecule has 0 N–H and O–H groups in total. The molecule has 0 aromatic heterocycles. The highest BCUT2D eigenvalue weighted by Crippen LogP contribution is 2.28. The van der Waals surface area contributed by atoms with Crippen LogP contribution in [0.2, 0.25) is 10.0 Å². The van der Waals surface area contributed by atoms with Crippen molar-refractivity contribution < 1.29 is 14.3 Å².